The molecule has 20 heavy (non-hydrogen) atoms. The molecule has 0 aliphatic carbocycles. The Hall–Kier alpha value is -2.09. The van der Waals surface area contributed by atoms with Crippen LogP contribution < -0.4 is 10.8 Å². The van der Waals surface area contributed by atoms with Gasteiger partial charge in [0.2, 0.25) is 0 Å². The van der Waals surface area contributed by atoms with E-state index in [0.29, 0.717) is 25.5 Å². The van der Waals surface area contributed by atoms with Crippen molar-refractivity contribution >= 4 is 11.9 Å². The SMILES string of the molecule is CC(C)(C)NC(=O)N1CCn2cc(C(=O)NO)nc2C1. The second-order valence-electron chi connectivity index (χ2n) is 5.78. The van der Waals surface area contributed by atoms with Gasteiger partial charge < -0.3 is 14.8 Å². The van der Waals surface area contributed by atoms with Crippen LogP contribution in [0.25, 0.3) is 0 Å². The van der Waals surface area contributed by atoms with Gasteiger partial charge in [-0.15, -0.1) is 0 Å². The lowest BCUT2D eigenvalue weighted by atomic mass is 10.1. The number of carbonyl (C=O) groups excluding carboxylic acids is 2. The fourth-order valence-corrected chi connectivity index (χ4v) is 1.99. The van der Waals surface area contributed by atoms with Crippen LogP contribution in [0.1, 0.15) is 37.1 Å². The van der Waals surface area contributed by atoms with Crippen LogP contribution in [0.3, 0.4) is 0 Å². The Morgan fingerprint density at radius 3 is 2.65 bits per heavy atom. The summed E-state index contributed by atoms with van der Waals surface area (Å²) >= 11 is 0. The fourth-order valence-electron chi connectivity index (χ4n) is 1.99. The molecule has 2 rings (SSSR count). The number of hydrogen-bond donors (Lipinski definition) is 3. The number of amides is 3. The molecular weight excluding hydrogens is 262 g/mol. The first-order valence-corrected chi connectivity index (χ1v) is 6.38. The van der Waals surface area contributed by atoms with E-state index < -0.39 is 5.91 Å². The summed E-state index contributed by atoms with van der Waals surface area (Å²) in [5.41, 5.74) is 1.39. The van der Waals surface area contributed by atoms with E-state index in [-0.39, 0.29) is 17.3 Å². The lowest BCUT2D eigenvalue weighted by Gasteiger charge is -2.31. The highest BCUT2D eigenvalue weighted by atomic mass is 16.5. The predicted molar refractivity (Wildman–Crippen MR) is 70.2 cm³/mol. The molecule has 8 nitrogen and oxygen atoms in total. The van der Waals surface area contributed by atoms with E-state index in [1.54, 1.807) is 16.6 Å². The molecule has 8 heteroatoms. The van der Waals surface area contributed by atoms with Crippen molar-refractivity contribution in [3.05, 3.63) is 17.7 Å². The number of nitrogens with one attached hydrogen (secondary N) is 2. The van der Waals surface area contributed by atoms with Gasteiger partial charge in [0.1, 0.15) is 11.5 Å². The van der Waals surface area contributed by atoms with Crippen molar-refractivity contribution in [2.75, 3.05) is 6.54 Å². The van der Waals surface area contributed by atoms with Gasteiger partial charge in [-0.3, -0.25) is 10.0 Å². The van der Waals surface area contributed by atoms with Gasteiger partial charge >= 0.3 is 6.03 Å². The lowest BCUT2D eigenvalue weighted by molar-refractivity contribution is 0.0701. The molecular formula is C12H19N5O3. The van der Waals surface area contributed by atoms with Gasteiger partial charge in [0.25, 0.3) is 5.91 Å². The van der Waals surface area contributed by atoms with Gasteiger partial charge in [0, 0.05) is 24.8 Å². The summed E-state index contributed by atoms with van der Waals surface area (Å²) in [7, 11) is 0. The monoisotopic (exact) mass is 281 g/mol. The van der Waals surface area contributed by atoms with E-state index in [9.17, 15) is 9.59 Å². The minimum Gasteiger partial charge on any atom is -0.333 e. The van der Waals surface area contributed by atoms with Crippen molar-refractivity contribution in [3.63, 3.8) is 0 Å². The molecule has 0 spiro atoms. The summed E-state index contributed by atoms with van der Waals surface area (Å²) in [6.45, 7) is 7.20. The molecule has 110 valence electrons. The first-order chi connectivity index (χ1) is 9.30. The molecule has 0 saturated carbocycles. The molecule has 0 bridgehead atoms. The van der Waals surface area contributed by atoms with Crippen molar-refractivity contribution in [1.82, 2.24) is 25.2 Å². The summed E-state index contributed by atoms with van der Waals surface area (Å²) in [5.74, 6) is -0.0310. The standard InChI is InChI=1S/C12H19N5O3/c1-12(2,3)14-11(19)17-5-4-16-6-8(10(18)15-20)13-9(16)7-17/h6,20H,4-5,7H2,1-3H3,(H,14,19)(H,15,18). The Bertz CT molecular complexity index is 532. The number of nitrogens with zero attached hydrogens (tertiary/aromatic N) is 3. The van der Waals surface area contributed by atoms with E-state index in [4.69, 9.17) is 5.21 Å². The Kier molecular flexibility index (Phi) is 3.67. The highest BCUT2D eigenvalue weighted by Crippen LogP contribution is 2.14. The van der Waals surface area contributed by atoms with Crippen molar-refractivity contribution in [2.45, 2.75) is 39.4 Å². The van der Waals surface area contributed by atoms with E-state index in [1.165, 1.54) is 0 Å². The van der Waals surface area contributed by atoms with Gasteiger partial charge in [-0.25, -0.2) is 15.3 Å². The minimum absolute atomic E-state index is 0.139. The molecule has 0 atom stereocenters. The van der Waals surface area contributed by atoms with E-state index in [0.717, 1.165) is 0 Å². The normalized spacial score (nSPS) is 14.7. The van der Waals surface area contributed by atoms with Crippen LogP contribution in [0.15, 0.2) is 6.20 Å². The largest absolute Gasteiger partial charge is 0.333 e. The zero-order valence-electron chi connectivity index (χ0n) is 11.8. The number of aromatic nitrogens is 2. The summed E-state index contributed by atoms with van der Waals surface area (Å²) in [4.78, 5) is 29.2. The van der Waals surface area contributed by atoms with E-state index >= 15 is 0 Å². The zero-order chi connectivity index (χ0) is 14.9. The molecule has 0 saturated heterocycles. The zero-order valence-corrected chi connectivity index (χ0v) is 11.8. The van der Waals surface area contributed by atoms with Gasteiger partial charge in [-0.2, -0.15) is 0 Å². The molecule has 3 N–H and O–H groups in total. The topological polar surface area (TPSA) is 99.5 Å². The van der Waals surface area contributed by atoms with Gasteiger partial charge in [-0.1, -0.05) is 0 Å². The second kappa shape index (κ2) is 5.12. The van der Waals surface area contributed by atoms with Crippen LogP contribution in [0.4, 0.5) is 4.79 Å². The second-order valence-corrected chi connectivity index (χ2v) is 5.78. The van der Waals surface area contributed by atoms with Crippen LogP contribution in [0, 0.1) is 0 Å². The Balaban J connectivity index is 2.09. The highest BCUT2D eigenvalue weighted by molar-refractivity contribution is 5.91. The third-order valence-corrected chi connectivity index (χ3v) is 2.91. The molecule has 1 aromatic heterocycles. The summed E-state index contributed by atoms with van der Waals surface area (Å²) < 4.78 is 1.81. The first-order valence-electron chi connectivity index (χ1n) is 6.38. The number of imidazole rings is 1. The maximum absolute atomic E-state index is 12.1. The Morgan fingerprint density at radius 2 is 2.05 bits per heavy atom. The molecule has 3 amide bonds. The quantitative estimate of drug-likeness (QED) is 0.510. The van der Waals surface area contributed by atoms with Crippen LogP contribution in [0.5, 0.6) is 0 Å². The number of hydrogen-bond acceptors (Lipinski definition) is 4. The van der Waals surface area contributed by atoms with Gasteiger partial charge in [0.05, 0.1) is 6.54 Å². The average molecular weight is 281 g/mol. The number of carbonyl (C=O) groups is 2. The number of hydroxylamine groups is 1. The van der Waals surface area contributed by atoms with Gasteiger partial charge in [0.15, 0.2) is 0 Å². The van der Waals surface area contributed by atoms with Crippen molar-refractivity contribution in [2.24, 2.45) is 0 Å². The van der Waals surface area contributed by atoms with Crippen molar-refractivity contribution < 1.29 is 14.8 Å². The maximum Gasteiger partial charge on any atom is 0.318 e. The maximum atomic E-state index is 12.1. The molecule has 0 fully saturated rings. The summed E-state index contributed by atoms with van der Waals surface area (Å²) in [6, 6.07) is -0.153. The fraction of sp³-hybridized carbons (Fsp3) is 0.583. The number of fused-ring (bicyclic) bond motifs is 1. The molecule has 1 aliphatic heterocycles. The smallest absolute Gasteiger partial charge is 0.318 e. The summed E-state index contributed by atoms with van der Waals surface area (Å²) in [5, 5.41) is 11.5. The molecule has 2 heterocycles. The number of urea groups is 1. The summed E-state index contributed by atoms with van der Waals surface area (Å²) in [6.07, 6.45) is 1.57. The molecule has 1 aliphatic rings. The van der Waals surface area contributed by atoms with E-state index in [2.05, 4.69) is 10.3 Å². The number of rotatable bonds is 1. The molecule has 1 aromatic rings. The molecule has 0 aromatic carbocycles. The lowest BCUT2D eigenvalue weighted by Crippen LogP contribution is -2.50. The predicted octanol–water partition coefficient (Wildman–Crippen LogP) is 0.326. The first kappa shape index (κ1) is 14.3. The molecule has 0 unspecified atom stereocenters. The molecule has 0 radical (unpaired) electrons. The minimum atomic E-state index is -0.655. The van der Waals surface area contributed by atoms with Gasteiger partial charge in [-0.05, 0) is 20.8 Å². The highest BCUT2D eigenvalue weighted by Gasteiger charge is 2.26. The van der Waals surface area contributed by atoms with Crippen LogP contribution >= 0.6 is 0 Å². The van der Waals surface area contributed by atoms with Crippen LogP contribution in [0.2, 0.25) is 0 Å². The average Bonchev–Trinajstić information content (AvgIpc) is 2.78. The Morgan fingerprint density at radius 1 is 1.35 bits per heavy atom. The van der Waals surface area contributed by atoms with Crippen molar-refractivity contribution in [1.29, 1.82) is 0 Å². The van der Waals surface area contributed by atoms with Crippen LogP contribution in [-0.4, -0.2) is 43.7 Å². The Labute approximate surface area is 116 Å². The van der Waals surface area contributed by atoms with E-state index in [1.807, 2.05) is 25.3 Å². The van der Waals surface area contributed by atoms with Crippen LogP contribution in [-0.2, 0) is 13.1 Å². The third-order valence-electron chi connectivity index (χ3n) is 2.91. The van der Waals surface area contributed by atoms with Crippen molar-refractivity contribution in [3.8, 4) is 0 Å². The third kappa shape index (κ3) is 3.08.